The van der Waals surface area contributed by atoms with Crippen LogP contribution in [0, 0.1) is 27.3 Å². The first kappa shape index (κ1) is 14.9. The molecule has 0 heterocycles. The number of hydrogen-bond donors (Lipinski definition) is 1. The van der Waals surface area contributed by atoms with Crippen molar-refractivity contribution in [2.24, 2.45) is 0 Å². The fourth-order valence-electron chi connectivity index (χ4n) is 1.50. The number of hydrogen-bond acceptors (Lipinski definition) is 5. The Morgan fingerprint density at radius 2 is 2.37 bits per heavy atom. The Morgan fingerprint density at radius 3 is 2.95 bits per heavy atom. The van der Waals surface area contributed by atoms with E-state index >= 15 is 0 Å². The second kappa shape index (κ2) is 7.28. The molecule has 0 saturated heterocycles. The summed E-state index contributed by atoms with van der Waals surface area (Å²) in [5.41, 5.74) is -0.419. The Morgan fingerprint density at radius 1 is 1.63 bits per heavy atom. The molecule has 6 nitrogen and oxygen atoms in total. The zero-order valence-corrected chi connectivity index (χ0v) is 10.4. The molecular weight excluding hydrogens is 253 g/mol. The molecule has 1 atom stereocenters. The van der Waals surface area contributed by atoms with E-state index in [0.717, 1.165) is 12.1 Å². The summed E-state index contributed by atoms with van der Waals surface area (Å²) in [6.07, 6.45) is 0.388. The molecule has 1 N–H and O–H groups in total. The summed E-state index contributed by atoms with van der Waals surface area (Å²) in [4.78, 5) is 10.0. The Kier molecular flexibility index (Phi) is 5.70. The number of nitrogens with one attached hydrogen (secondary N) is 1. The Hall–Kier alpha value is -2.20. The molecular formula is C12H14FN3O3. The normalized spacial score (nSPS) is 11.6. The van der Waals surface area contributed by atoms with Crippen molar-refractivity contribution in [1.82, 2.24) is 5.32 Å². The standard InChI is InChI=1S/C12H14FN3O3/c1-2-15-10(8-14)5-6-19-12-4-3-9(13)7-11(12)16(17)18/h3-4,7,10,15H,2,5-6H2,1H3. The summed E-state index contributed by atoms with van der Waals surface area (Å²) in [7, 11) is 0. The lowest BCUT2D eigenvalue weighted by molar-refractivity contribution is -0.386. The zero-order valence-electron chi connectivity index (χ0n) is 10.4. The summed E-state index contributed by atoms with van der Waals surface area (Å²) < 4.78 is 18.1. The summed E-state index contributed by atoms with van der Waals surface area (Å²) >= 11 is 0. The van der Waals surface area contributed by atoms with Gasteiger partial charge in [-0.2, -0.15) is 5.26 Å². The van der Waals surface area contributed by atoms with E-state index < -0.39 is 16.4 Å². The van der Waals surface area contributed by atoms with Gasteiger partial charge in [-0.1, -0.05) is 6.92 Å². The Bertz CT molecular complexity index is 488. The van der Waals surface area contributed by atoms with Crippen LogP contribution in [0.5, 0.6) is 5.75 Å². The predicted molar refractivity (Wildman–Crippen MR) is 66.2 cm³/mol. The van der Waals surface area contributed by atoms with E-state index in [1.54, 1.807) is 0 Å². The van der Waals surface area contributed by atoms with Crippen LogP contribution >= 0.6 is 0 Å². The van der Waals surface area contributed by atoms with E-state index in [0.29, 0.717) is 13.0 Å². The third-order valence-corrected chi connectivity index (χ3v) is 2.39. The molecule has 0 aliphatic rings. The van der Waals surface area contributed by atoms with Gasteiger partial charge in [0.2, 0.25) is 0 Å². The number of halogens is 1. The molecule has 0 fully saturated rings. The summed E-state index contributed by atoms with van der Waals surface area (Å²) in [5.74, 6) is -0.693. The second-order valence-electron chi connectivity index (χ2n) is 3.75. The van der Waals surface area contributed by atoms with E-state index in [1.165, 1.54) is 6.07 Å². The molecule has 0 aliphatic heterocycles. The molecule has 1 rings (SSSR count). The van der Waals surface area contributed by atoms with Crippen LogP contribution in [0.1, 0.15) is 13.3 Å². The van der Waals surface area contributed by atoms with E-state index in [-0.39, 0.29) is 18.4 Å². The van der Waals surface area contributed by atoms with Gasteiger partial charge in [0.1, 0.15) is 5.82 Å². The number of rotatable bonds is 7. The van der Waals surface area contributed by atoms with Gasteiger partial charge >= 0.3 is 5.69 Å². The van der Waals surface area contributed by atoms with Crippen molar-refractivity contribution in [3.05, 3.63) is 34.1 Å². The fraction of sp³-hybridized carbons (Fsp3) is 0.417. The second-order valence-corrected chi connectivity index (χ2v) is 3.75. The monoisotopic (exact) mass is 267 g/mol. The first-order valence-corrected chi connectivity index (χ1v) is 5.78. The molecule has 102 valence electrons. The summed E-state index contributed by atoms with van der Waals surface area (Å²) in [6.45, 7) is 2.66. The maximum Gasteiger partial charge on any atom is 0.313 e. The molecule has 1 aromatic rings. The lowest BCUT2D eigenvalue weighted by atomic mass is 10.2. The highest BCUT2D eigenvalue weighted by Gasteiger charge is 2.16. The quantitative estimate of drug-likeness (QED) is 0.603. The van der Waals surface area contributed by atoms with Crippen molar-refractivity contribution in [3.8, 4) is 11.8 Å². The van der Waals surface area contributed by atoms with E-state index in [9.17, 15) is 14.5 Å². The van der Waals surface area contributed by atoms with Crippen LogP contribution in [0.2, 0.25) is 0 Å². The molecule has 0 radical (unpaired) electrons. The molecule has 0 aliphatic carbocycles. The van der Waals surface area contributed by atoms with Crippen molar-refractivity contribution in [1.29, 1.82) is 5.26 Å². The van der Waals surface area contributed by atoms with Crippen LogP contribution in [0.4, 0.5) is 10.1 Å². The Balaban J connectivity index is 2.63. The number of nitrogens with zero attached hydrogens (tertiary/aromatic N) is 2. The maximum absolute atomic E-state index is 12.9. The molecule has 7 heteroatoms. The molecule has 1 unspecified atom stereocenters. The van der Waals surface area contributed by atoms with Gasteiger partial charge in [-0.3, -0.25) is 10.1 Å². The minimum absolute atomic E-state index is 0.000381. The average Bonchev–Trinajstić information content (AvgIpc) is 2.39. The highest BCUT2D eigenvalue weighted by Crippen LogP contribution is 2.27. The molecule has 19 heavy (non-hydrogen) atoms. The summed E-state index contributed by atoms with van der Waals surface area (Å²) in [5, 5.41) is 22.5. The van der Waals surface area contributed by atoms with Crippen molar-refractivity contribution in [2.45, 2.75) is 19.4 Å². The molecule has 0 saturated carbocycles. The van der Waals surface area contributed by atoms with Crippen LogP contribution in [0.15, 0.2) is 18.2 Å². The SMILES string of the molecule is CCNC(C#N)CCOc1ccc(F)cc1[N+](=O)[O-]. The van der Waals surface area contributed by atoms with Crippen molar-refractivity contribution in [3.63, 3.8) is 0 Å². The molecule has 0 bridgehead atoms. The van der Waals surface area contributed by atoms with Crippen LogP contribution in [0.3, 0.4) is 0 Å². The molecule has 0 spiro atoms. The third kappa shape index (κ3) is 4.52. The van der Waals surface area contributed by atoms with Gasteiger partial charge in [-0.15, -0.1) is 0 Å². The number of nitro groups is 1. The average molecular weight is 267 g/mol. The predicted octanol–water partition coefficient (Wildman–Crippen LogP) is 2.00. The number of nitriles is 1. The van der Waals surface area contributed by atoms with Crippen molar-refractivity contribution >= 4 is 5.69 Å². The van der Waals surface area contributed by atoms with E-state index in [4.69, 9.17) is 10.00 Å². The van der Waals surface area contributed by atoms with Crippen molar-refractivity contribution in [2.75, 3.05) is 13.2 Å². The smallest absolute Gasteiger partial charge is 0.313 e. The summed E-state index contributed by atoms with van der Waals surface area (Å²) in [6, 6.07) is 4.79. The van der Waals surface area contributed by atoms with Crippen LogP contribution in [-0.4, -0.2) is 24.1 Å². The molecule has 0 amide bonds. The van der Waals surface area contributed by atoms with Crippen LogP contribution < -0.4 is 10.1 Å². The van der Waals surface area contributed by atoms with Gasteiger partial charge in [0.25, 0.3) is 0 Å². The number of benzene rings is 1. The van der Waals surface area contributed by atoms with E-state index in [2.05, 4.69) is 11.4 Å². The maximum atomic E-state index is 12.9. The van der Waals surface area contributed by atoms with Crippen molar-refractivity contribution < 1.29 is 14.1 Å². The largest absolute Gasteiger partial charge is 0.487 e. The minimum Gasteiger partial charge on any atom is -0.487 e. The van der Waals surface area contributed by atoms with Gasteiger partial charge in [-0.05, 0) is 18.7 Å². The molecule has 1 aromatic carbocycles. The highest BCUT2D eigenvalue weighted by molar-refractivity contribution is 5.46. The molecule has 0 aromatic heterocycles. The topological polar surface area (TPSA) is 88.2 Å². The van der Waals surface area contributed by atoms with Crippen LogP contribution in [0.25, 0.3) is 0 Å². The number of nitro benzene ring substituents is 1. The van der Waals surface area contributed by atoms with Gasteiger partial charge in [0.15, 0.2) is 5.75 Å². The van der Waals surface area contributed by atoms with E-state index in [1.807, 2.05) is 6.92 Å². The third-order valence-electron chi connectivity index (χ3n) is 2.39. The number of ether oxygens (including phenoxy) is 1. The fourth-order valence-corrected chi connectivity index (χ4v) is 1.50. The highest BCUT2D eigenvalue weighted by atomic mass is 19.1. The lowest BCUT2D eigenvalue weighted by Crippen LogP contribution is -2.28. The minimum atomic E-state index is -0.704. The van der Waals surface area contributed by atoms with Crippen LogP contribution in [-0.2, 0) is 0 Å². The first-order valence-electron chi connectivity index (χ1n) is 5.78. The zero-order chi connectivity index (χ0) is 14.3. The van der Waals surface area contributed by atoms with Gasteiger partial charge < -0.3 is 10.1 Å². The van der Waals surface area contributed by atoms with Gasteiger partial charge in [-0.25, -0.2) is 4.39 Å². The first-order chi connectivity index (χ1) is 9.08. The van der Waals surface area contributed by atoms with Gasteiger partial charge in [0.05, 0.1) is 29.7 Å². The lowest BCUT2D eigenvalue weighted by Gasteiger charge is -2.10. The Labute approximate surface area is 109 Å². The van der Waals surface area contributed by atoms with Gasteiger partial charge in [0, 0.05) is 6.42 Å².